The molecule has 0 aromatic heterocycles. The molecule has 1 amide bonds. The lowest BCUT2D eigenvalue weighted by atomic mass is 10.0. The second-order valence-electron chi connectivity index (χ2n) is 6.36. The molecule has 0 saturated heterocycles. The molecule has 0 fully saturated rings. The van der Waals surface area contributed by atoms with E-state index in [4.69, 9.17) is 4.74 Å². The summed E-state index contributed by atoms with van der Waals surface area (Å²) in [5, 5.41) is 12.1. The Bertz CT molecular complexity index is 926. The number of carbonyl (C=O) groups excluding carboxylic acids is 1. The highest BCUT2D eigenvalue weighted by Crippen LogP contribution is 2.17. The van der Waals surface area contributed by atoms with Gasteiger partial charge < -0.3 is 15.2 Å². The van der Waals surface area contributed by atoms with Crippen molar-refractivity contribution in [3.05, 3.63) is 102 Å². The largest absolute Gasteiger partial charge is 0.489 e. The van der Waals surface area contributed by atoms with Crippen molar-refractivity contribution in [2.75, 3.05) is 0 Å². The molecular weight excluding hydrogens is 354 g/mol. The van der Waals surface area contributed by atoms with E-state index in [0.29, 0.717) is 17.9 Å². The van der Waals surface area contributed by atoms with Crippen LogP contribution in [0.1, 0.15) is 21.5 Å². The van der Waals surface area contributed by atoms with Crippen molar-refractivity contribution in [2.45, 2.75) is 19.1 Å². The standard InChI is InChI=1S/C23H21NO4/c25-22(19-11-5-2-6-12-19)24-21(23(26)27)15-18-10-7-13-20(14-18)28-16-17-8-3-1-4-9-17/h1-14,21H,15-16H2,(H,24,25)(H,26,27)/t21-/m0/s1. The number of benzene rings is 3. The Hall–Kier alpha value is -3.60. The van der Waals surface area contributed by atoms with E-state index in [1.54, 1.807) is 36.4 Å². The zero-order chi connectivity index (χ0) is 19.8. The van der Waals surface area contributed by atoms with E-state index in [2.05, 4.69) is 5.32 Å². The number of hydrogen-bond acceptors (Lipinski definition) is 3. The third-order valence-electron chi connectivity index (χ3n) is 4.23. The highest BCUT2D eigenvalue weighted by Gasteiger charge is 2.21. The lowest BCUT2D eigenvalue weighted by Gasteiger charge is -2.15. The molecule has 3 aromatic rings. The Balaban J connectivity index is 1.64. The zero-order valence-electron chi connectivity index (χ0n) is 15.2. The molecule has 28 heavy (non-hydrogen) atoms. The Morgan fingerprint density at radius 2 is 1.50 bits per heavy atom. The molecule has 1 atom stereocenters. The number of carboxylic acid groups (broad SMARTS) is 1. The fourth-order valence-electron chi connectivity index (χ4n) is 2.77. The van der Waals surface area contributed by atoms with Gasteiger partial charge in [-0.2, -0.15) is 0 Å². The summed E-state index contributed by atoms with van der Waals surface area (Å²) >= 11 is 0. The number of nitrogens with one attached hydrogen (secondary N) is 1. The Morgan fingerprint density at radius 3 is 2.18 bits per heavy atom. The molecule has 0 saturated carbocycles. The molecule has 0 radical (unpaired) electrons. The Kier molecular flexibility index (Phi) is 6.41. The number of carboxylic acids is 1. The third-order valence-corrected chi connectivity index (χ3v) is 4.23. The smallest absolute Gasteiger partial charge is 0.326 e. The molecule has 0 aliphatic carbocycles. The maximum absolute atomic E-state index is 12.3. The summed E-state index contributed by atoms with van der Waals surface area (Å²) in [6.07, 6.45) is 0.163. The average molecular weight is 375 g/mol. The number of hydrogen-bond donors (Lipinski definition) is 2. The molecule has 0 bridgehead atoms. The number of carbonyl (C=O) groups is 2. The van der Waals surface area contributed by atoms with E-state index in [9.17, 15) is 14.7 Å². The lowest BCUT2D eigenvalue weighted by Crippen LogP contribution is -2.42. The van der Waals surface area contributed by atoms with Crippen molar-refractivity contribution in [3.8, 4) is 5.75 Å². The van der Waals surface area contributed by atoms with E-state index < -0.39 is 17.9 Å². The second-order valence-corrected chi connectivity index (χ2v) is 6.36. The maximum atomic E-state index is 12.3. The van der Waals surface area contributed by atoms with Crippen LogP contribution in [0.15, 0.2) is 84.9 Å². The van der Waals surface area contributed by atoms with Crippen LogP contribution in [0, 0.1) is 0 Å². The van der Waals surface area contributed by atoms with Crippen LogP contribution in [0.3, 0.4) is 0 Å². The van der Waals surface area contributed by atoms with E-state index >= 15 is 0 Å². The van der Waals surface area contributed by atoms with Crippen molar-refractivity contribution < 1.29 is 19.4 Å². The molecule has 3 aromatic carbocycles. The van der Waals surface area contributed by atoms with Crippen LogP contribution >= 0.6 is 0 Å². The summed E-state index contributed by atoms with van der Waals surface area (Å²) < 4.78 is 5.79. The van der Waals surface area contributed by atoms with E-state index in [1.807, 2.05) is 48.5 Å². The molecule has 0 spiro atoms. The molecule has 2 N–H and O–H groups in total. The first-order valence-corrected chi connectivity index (χ1v) is 8.96. The van der Waals surface area contributed by atoms with Crippen molar-refractivity contribution in [2.24, 2.45) is 0 Å². The molecule has 5 nitrogen and oxygen atoms in total. The summed E-state index contributed by atoms with van der Waals surface area (Å²) in [5.74, 6) is -0.843. The van der Waals surface area contributed by atoms with Crippen LogP contribution in [0.2, 0.25) is 0 Å². The first-order chi connectivity index (χ1) is 13.6. The number of ether oxygens (including phenoxy) is 1. The van der Waals surface area contributed by atoms with Crippen molar-refractivity contribution in [1.29, 1.82) is 0 Å². The van der Waals surface area contributed by atoms with E-state index in [0.717, 1.165) is 11.1 Å². The van der Waals surface area contributed by atoms with Gasteiger partial charge >= 0.3 is 5.97 Å². The Labute approximate surface area is 163 Å². The first-order valence-electron chi connectivity index (χ1n) is 8.96. The van der Waals surface area contributed by atoms with Crippen molar-refractivity contribution in [3.63, 3.8) is 0 Å². The van der Waals surface area contributed by atoms with Crippen molar-refractivity contribution >= 4 is 11.9 Å². The van der Waals surface area contributed by atoms with Gasteiger partial charge in [0, 0.05) is 12.0 Å². The van der Waals surface area contributed by atoms with Gasteiger partial charge in [-0.05, 0) is 35.4 Å². The maximum Gasteiger partial charge on any atom is 0.326 e. The van der Waals surface area contributed by atoms with Crippen LogP contribution in [0.25, 0.3) is 0 Å². The summed E-state index contributed by atoms with van der Waals surface area (Å²) in [4.78, 5) is 23.9. The van der Waals surface area contributed by atoms with Crippen LogP contribution in [-0.2, 0) is 17.8 Å². The summed E-state index contributed by atoms with van der Waals surface area (Å²) in [6, 6.07) is 24.6. The second kappa shape index (κ2) is 9.37. The predicted molar refractivity (Wildman–Crippen MR) is 106 cm³/mol. The fraction of sp³-hybridized carbons (Fsp3) is 0.130. The van der Waals surface area contributed by atoms with Crippen LogP contribution in [0.4, 0.5) is 0 Å². The fourth-order valence-corrected chi connectivity index (χ4v) is 2.77. The van der Waals surface area contributed by atoms with Gasteiger partial charge in [-0.15, -0.1) is 0 Å². The minimum Gasteiger partial charge on any atom is -0.489 e. The summed E-state index contributed by atoms with van der Waals surface area (Å²) in [5.41, 5.74) is 2.24. The third kappa shape index (κ3) is 5.45. The van der Waals surface area contributed by atoms with Gasteiger partial charge in [-0.3, -0.25) is 4.79 Å². The minimum atomic E-state index is -1.08. The molecule has 3 rings (SSSR count). The quantitative estimate of drug-likeness (QED) is 0.630. The van der Waals surface area contributed by atoms with Gasteiger partial charge in [0.05, 0.1) is 0 Å². The summed E-state index contributed by atoms with van der Waals surface area (Å²) in [7, 11) is 0. The zero-order valence-corrected chi connectivity index (χ0v) is 15.2. The Morgan fingerprint density at radius 1 is 0.857 bits per heavy atom. The van der Waals surface area contributed by atoms with Gasteiger partial charge in [0.15, 0.2) is 0 Å². The molecule has 0 aliphatic rings. The SMILES string of the molecule is O=C(N[C@@H](Cc1cccc(OCc2ccccc2)c1)C(=O)O)c1ccccc1. The van der Waals surface area contributed by atoms with Gasteiger partial charge in [0.2, 0.25) is 0 Å². The van der Waals surface area contributed by atoms with E-state index in [-0.39, 0.29) is 6.42 Å². The number of amides is 1. The molecule has 0 unspecified atom stereocenters. The van der Waals surface area contributed by atoms with Gasteiger partial charge in [-0.25, -0.2) is 4.79 Å². The monoisotopic (exact) mass is 375 g/mol. The molecule has 142 valence electrons. The lowest BCUT2D eigenvalue weighted by molar-refractivity contribution is -0.139. The van der Waals surface area contributed by atoms with Crippen LogP contribution in [-0.4, -0.2) is 23.0 Å². The number of aliphatic carboxylic acids is 1. The minimum absolute atomic E-state index is 0.163. The van der Waals surface area contributed by atoms with Crippen LogP contribution in [0.5, 0.6) is 5.75 Å². The number of rotatable bonds is 8. The average Bonchev–Trinajstić information content (AvgIpc) is 2.73. The molecule has 0 aliphatic heterocycles. The predicted octanol–water partition coefficient (Wildman–Crippen LogP) is 3.69. The highest BCUT2D eigenvalue weighted by atomic mass is 16.5. The first kappa shape index (κ1) is 19.2. The van der Waals surface area contributed by atoms with E-state index in [1.165, 1.54) is 0 Å². The molecule has 0 heterocycles. The van der Waals surface area contributed by atoms with Gasteiger partial charge in [0.1, 0.15) is 18.4 Å². The van der Waals surface area contributed by atoms with Crippen LogP contribution < -0.4 is 10.1 Å². The van der Waals surface area contributed by atoms with Gasteiger partial charge in [0.25, 0.3) is 5.91 Å². The summed E-state index contributed by atoms with van der Waals surface area (Å²) in [6.45, 7) is 0.428. The van der Waals surface area contributed by atoms with Gasteiger partial charge in [-0.1, -0.05) is 60.7 Å². The molecule has 5 heteroatoms. The molecular formula is C23H21NO4. The highest BCUT2D eigenvalue weighted by molar-refractivity contribution is 5.96. The topological polar surface area (TPSA) is 75.6 Å². The normalized spacial score (nSPS) is 11.4. The van der Waals surface area contributed by atoms with Crippen molar-refractivity contribution in [1.82, 2.24) is 5.32 Å².